The van der Waals surface area contributed by atoms with E-state index in [1.165, 1.54) is 5.56 Å². The summed E-state index contributed by atoms with van der Waals surface area (Å²) in [6, 6.07) is 15.3. The van der Waals surface area contributed by atoms with Gasteiger partial charge in [-0.15, -0.1) is 0 Å². The molecule has 38 heavy (non-hydrogen) atoms. The summed E-state index contributed by atoms with van der Waals surface area (Å²) in [5.74, 6) is 0.258. The molecule has 8 nitrogen and oxygen atoms in total. The molecule has 8 heteroatoms. The molecular formula is C30H35N7O. The molecular weight excluding hydrogens is 474 g/mol. The average molecular weight is 510 g/mol. The van der Waals surface area contributed by atoms with Crippen molar-refractivity contribution in [2.24, 2.45) is 0 Å². The highest BCUT2D eigenvalue weighted by molar-refractivity contribution is 6.04. The zero-order valence-corrected chi connectivity index (χ0v) is 22.3. The standard InChI is InChI=1S/C30H35N7O/c1-4-16-37(17-5-2)18-13-23-8-10-24(11-9-23)29(38)34-26-19-28(22(3)33-21-26)36-30-32-15-12-27(35-30)25-7-6-14-31-20-25/h6-12,14-15,19-21H,4-5,13,16-18H2,1-3H3,(H,34,38)(H,32,35,36). The van der Waals surface area contributed by atoms with E-state index in [1.807, 2.05) is 55.5 Å². The van der Waals surface area contributed by atoms with Gasteiger partial charge < -0.3 is 15.5 Å². The number of aromatic nitrogens is 4. The lowest BCUT2D eigenvalue weighted by Crippen LogP contribution is -2.27. The molecule has 1 amide bonds. The molecule has 0 unspecified atom stereocenters. The first-order valence-electron chi connectivity index (χ1n) is 13.2. The predicted molar refractivity (Wildman–Crippen MR) is 153 cm³/mol. The van der Waals surface area contributed by atoms with Gasteiger partial charge in [-0.05, 0) is 81.2 Å². The molecule has 0 aliphatic heterocycles. The molecule has 1 aromatic carbocycles. The topological polar surface area (TPSA) is 95.9 Å². The highest BCUT2D eigenvalue weighted by atomic mass is 16.1. The Hall–Kier alpha value is -4.17. The van der Waals surface area contributed by atoms with Crippen LogP contribution in [0.15, 0.2) is 73.3 Å². The van der Waals surface area contributed by atoms with Crippen LogP contribution in [0.5, 0.6) is 0 Å². The van der Waals surface area contributed by atoms with Gasteiger partial charge in [0.2, 0.25) is 5.95 Å². The largest absolute Gasteiger partial charge is 0.322 e. The van der Waals surface area contributed by atoms with Gasteiger partial charge in [0.15, 0.2) is 0 Å². The van der Waals surface area contributed by atoms with E-state index in [0.717, 1.165) is 55.8 Å². The molecule has 0 aliphatic carbocycles. The zero-order valence-electron chi connectivity index (χ0n) is 22.3. The Labute approximate surface area is 224 Å². The molecule has 0 spiro atoms. The van der Waals surface area contributed by atoms with E-state index in [-0.39, 0.29) is 5.91 Å². The molecule has 2 N–H and O–H groups in total. The summed E-state index contributed by atoms with van der Waals surface area (Å²) >= 11 is 0. The third-order valence-corrected chi connectivity index (χ3v) is 6.22. The lowest BCUT2D eigenvalue weighted by atomic mass is 10.1. The fourth-order valence-corrected chi connectivity index (χ4v) is 4.22. The van der Waals surface area contributed by atoms with Crippen molar-refractivity contribution >= 4 is 23.2 Å². The highest BCUT2D eigenvalue weighted by Crippen LogP contribution is 2.23. The smallest absolute Gasteiger partial charge is 0.255 e. The Kier molecular flexibility index (Phi) is 9.48. The van der Waals surface area contributed by atoms with E-state index in [9.17, 15) is 4.79 Å². The van der Waals surface area contributed by atoms with Crippen LogP contribution in [-0.2, 0) is 6.42 Å². The van der Waals surface area contributed by atoms with Crippen LogP contribution in [0.4, 0.5) is 17.3 Å². The van der Waals surface area contributed by atoms with Crippen LogP contribution in [0.1, 0.15) is 48.3 Å². The predicted octanol–water partition coefficient (Wildman–Crippen LogP) is 5.90. The lowest BCUT2D eigenvalue weighted by Gasteiger charge is -2.20. The first-order valence-corrected chi connectivity index (χ1v) is 13.2. The van der Waals surface area contributed by atoms with Gasteiger partial charge in [-0.2, -0.15) is 0 Å². The second-order valence-electron chi connectivity index (χ2n) is 9.23. The van der Waals surface area contributed by atoms with E-state index >= 15 is 0 Å². The Morgan fingerprint density at radius 1 is 0.921 bits per heavy atom. The maximum atomic E-state index is 12.9. The summed E-state index contributed by atoms with van der Waals surface area (Å²) in [5, 5.41) is 6.18. The number of aryl methyl sites for hydroxylation is 1. The molecule has 4 aromatic rings. The van der Waals surface area contributed by atoms with Gasteiger partial charge >= 0.3 is 0 Å². The number of pyridine rings is 2. The van der Waals surface area contributed by atoms with E-state index < -0.39 is 0 Å². The van der Waals surface area contributed by atoms with Gasteiger partial charge in [0.1, 0.15) is 0 Å². The summed E-state index contributed by atoms with van der Waals surface area (Å²) in [5.41, 5.74) is 5.57. The zero-order chi connectivity index (χ0) is 26.7. The summed E-state index contributed by atoms with van der Waals surface area (Å²) in [6.45, 7) is 9.60. The first kappa shape index (κ1) is 26.9. The van der Waals surface area contributed by atoms with E-state index in [0.29, 0.717) is 22.9 Å². The Balaban J connectivity index is 1.39. The van der Waals surface area contributed by atoms with Crippen molar-refractivity contribution < 1.29 is 4.79 Å². The first-order chi connectivity index (χ1) is 18.6. The summed E-state index contributed by atoms with van der Waals surface area (Å²) < 4.78 is 0. The van der Waals surface area contributed by atoms with Crippen LogP contribution in [0.3, 0.4) is 0 Å². The van der Waals surface area contributed by atoms with Crippen LogP contribution in [0.25, 0.3) is 11.3 Å². The molecule has 0 aliphatic rings. The number of hydrogen-bond acceptors (Lipinski definition) is 7. The summed E-state index contributed by atoms with van der Waals surface area (Å²) in [4.78, 5) is 32.9. The number of anilines is 3. The van der Waals surface area contributed by atoms with Crippen molar-refractivity contribution in [2.45, 2.75) is 40.0 Å². The maximum absolute atomic E-state index is 12.9. The number of rotatable bonds is 12. The van der Waals surface area contributed by atoms with Crippen LogP contribution >= 0.6 is 0 Å². The van der Waals surface area contributed by atoms with Gasteiger partial charge in [-0.3, -0.25) is 14.8 Å². The van der Waals surface area contributed by atoms with Crippen molar-refractivity contribution in [3.8, 4) is 11.3 Å². The monoisotopic (exact) mass is 509 g/mol. The van der Waals surface area contributed by atoms with Crippen LogP contribution in [0, 0.1) is 6.92 Å². The van der Waals surface area contributed by atoms with E-state index in [4.69, 9.17) is 0 Å². The van der Waals surface area contributed by atoms with E-state index in [2.05, 4.69) is 49.3 Å². The van der Waals surface area contributed by atoms with E-state index in [1.54, 1.807) is 24.8 Å². The third-order valence-electron chi connectivity index (χ3n) is 6.22. The molecule has 0 saturated carbocycles. The molecule has 0 bridgehead atoms. The second kappa shape index (κ2) is 13.4. The number of amides is 1. The molecule has 4 rings (SSSR count). The molecule has 3 aromatic heterocycles. The van der Waals surface area contributed by atoms with Crippen LogP contribution < -0.4 is 10.6 Å². The Bertz CT molecular complexity index is 1320. The van der Waals surface area contributed by atoms with Gasteiger partial charge in [0, 0.05) is 36.3 Å². The molecule has 196 valence electrons. The Morgan fingerprint density at radius 3 is 2.42 bits per heavy atom. The number of nitrogens with one attached hydrogen (secondary N) is 2. The van der Waals surface area contributed by atoms with Gasteiger partial charge in [0.05, 0.1) is 29.0 Å². The lowest BCUT2D eigenvalue weighted by molar-refractivity contribution is 0.102. The Morgan fingerprint density at radius 2 is 1.71 bits per heavy atom. The fraction of sp³-hybridized carbons (Fsp3) is 0.300. The fourth-order valence-electron chi connectivity index (χ4n) is 4.22. The number of benzene rings is 1. The number of carbonyl (C=O) groups is 1. The normalized spacial score (nSPS) is 10.9. The molecule has 0 radical (unpaired) electrons. The molecule has 0 saturated heterocycles. The van der Waals surface area contributed by atoms with Crippen molar-refractivity contribution in [2.75, 3.05) is 30.3 Å². The quantitative estimate of drug-likeness (QED) is 0.245. The highest BCUT2D eigenvalue weighted by Gasteiger charge is 2.11. The second-order valence-corrected chi connectivity index (χ2v) is 9.23. The van der Waals surface area contributed by atoms with Crippen LogP contribution in [-0.4, -0.2) is 50.4 Å². The van der Waals surface area contributed by atoms with Crippen molar-refractivity contribution in [3.05, 3.63) is 90.1 Å². The minimum Gasteiger partial charge on any atom is -0.322 e. The van der Waals surface area contributed by atoms with Gasteiger partial charge in [-0.1, -0.05) is 26.0 Å². The summed E-state index contributed by atoms with van der Waals surface area (Å²) in [6.07, 6.45) is 10.1. The number of carbonyl (C=O) groups excluding carboxylic acids is 1. The summed E-state index contributed by atoms with van der Waals surface area (Å²) in [7, 11) is 0. The van der Waals surface area contributed by atoms with Gasteiger partial charge in [-0.25, -0.2) is 9.97 Å². The molecule has 3 heterocycles. The minimum atomic E-state index is -0.179. The van der Waals surface area contributed by atoms with Crippen molar-refractivity contribution in [1.82, 2.24) is 24.8 Å². The van der Waals surface area contributed by atoms with Gasteiger partial charge in [0.25, 0.3) is 5.91 Å². The molecule has 0 atom stereocenters. The third kappa shape index (κ3) is 7.43. The van der Waals surface area contributed by atoms with Crippen molar-refractivity contribution in [3.63, 3.8) is 0 Å². The van der Waals surface area contributed by atoms with Crippen molar-refractivity contribution in [1.29, 1.82) is 0 Å². The maximum Gasteiger partial charge on any atom is 0.255 e. The average Bonchev–Trinajstić information content (AvgIpc) is 2.95. The van der Waals surface area contributed by atoms with Crippen LogP contribution in [0.2, 0.25) is 0 Å². The molecule has 0 fully saturated rings. The number of hydrogen-bond donors (Lipinski definition) is 2. The number of nitrogens with zero attached hydrogens (tertiary/aromatic N) is 5. The minimum absolute atomic E-state index is 0.179. The SMILES string of the molecule is CCCN(CCC)CCc1ccc(C(=O)Nc2cnc(C)c(Nc3nccc(-c4cccnc4)n3)c2)cc1.